The number of rotatable bonds is 3. The molecule has 1 aliphatic heterocycles. The molecule has 3 rings (SSSR count). The predicted octanol–water partition coefficient (Wildman–Crippen LogP) is 4.77. The number of alkyl halides is 3. The molecule has 0 spiro atoms. The minimum absolute atomic E-state index is 0.0309. The number of nitrogens with zero attached hydrogens (tertiary/aromatic N) is 3. The number of hydrogen-bond donors (Lipinski definition) is 1. The number of aliphatic carboxylic acids is 1. The zero-order valence-corrected chi connectivity index (χ0v) is 15.3. The molecule has 1 unspecified atom stereocenters. The Kier molecular flexibility index (Phi) is 5.48. The second-order valence-corrected chi connectivity index (χ2v) is 7.00. The van der Waals surface area contributed by atoms with Crippen molar-refractivity contribution in [2.45, 2.75) is 19.0 Å². The molecule has 2 aromatic rings. The van der Waals surface area contributed by atoms with Gasteiger partial charge in [0.25, 0.3) is 0 Å². The molecule has 144 valence electrons. The molecule has 1 aliphatic rings. The van der Waals surface area contributed by atoms with Gasteiger partial charge in [-0.05, 0) is 31.0 Å². The quantitative estimate of drug-likeness (QED) is 0.775. The first-order chi connectivity index (χ1) is 12.6. The third kappa shape index (κ3) is 4.44. The average Bonchev–Trinajstić information content (AvgIpc) is 2.63. The van der Waals surface area contributed by atoms with Crippen LogP contribution in [0.15, 0.2) is 24.3 Å². The second kappa shape index (κ2) is 7.52. The Balaban J connectivity index is 2.06. The normalized spacial score (nSPS) is 17.8. The standard InChI is InChI=1S/C17H14Cl2F3N3O2/c18-11-4-3-9(6-12(11)19)13-7-14(17(20,21)22)24-16(23-13)25-5-1-2-10(8-25)15(26)27/h3-4,6-7,10H,1-2,5,8H2,(H,26,27). The van der Waals surface area contributed by atoms with Crippen molar-refractivity contribution in [1.29, 1.82) is 0 Å². The van der Waals surface area contributed by atoms with E-state index in [1.807, 2.05) is 0 Å². The van der Waals surface area contributed by atoms with Gasteiger partial charge in [0.15, 0.2) is 5.69 Å². The predicted molar refractivity (Wildman–Crippen MR) is 95.1 cm³/mol. The van der Waals surface area contributed by atoms with E-state index in [2.05, 4.69) is 9.97 Å². The molecule has 1 aromatic heterocycles. The van der Waals surface area contributed by atoms with Crippen LogP contribution in [0.2, 0.25) is 10.0 Å². The fraction of sp³-hybridized carbons (Fsp3) is 0.353. The van der Waals surface area contributed by atoms with Crippen LogP contribution in [0, 0.1) is 5.92 Å². The molecule has 1 atom stereocenters. The number of carbonyl (C=O) groups is 1. The first-order valence-corrected chi connectivity index (χ1v) is 8.80. The maximum atomic E-state index is 13.3. The first kappa shape index (κ1) is 19.7. The van der Waals surface area contributed by atoms with Crippen LogP contribution in [-0.2, 0) is 11.0 Å². The number of carboxylic acid groups (broad SMARTS) is 1. The van der Waals surface area contributed by atoms with Gasteiger partial charge in [-0.3, -0.25) is 4.79 Å². The summed E-state index contributed by atoms with van der Waals surface area (Å²) in [6.07, 6.45) is -3.69. The van der Waals surface area contributed by atoms with Crippen LogP contribution in [0.25, 0.3) is 11.3 Å². The van der Waals surface area contributed by atoms with Crippen LogP contribution in [0.1, 0.15) is 18.5 Å². The fourth-order valence-electron chi connectivity index (χ4n) is 2.88. The number of halogens is 5. The van der Waals surface area contributed by atoms with Crippen molar-refractivity contribution in [1.82, 2.24) is 9.97 Å². The smallest absolute Gasteiger partial charge is 0.433 e. The summed E-state index contributed by atoms with van der Waals surface area (Å²) in [6.45, 7) is 0.434. The van der Waals surface area contributed by atoms with Crippen molar-refractivity contribution in [3.63, 3.8) is 0 Å². The van der Waals surface area contributed by atoms with E-state index < -0.39 is 23.8 Å². The number of aromatic nitrogens is 2. The third-order valence-electron chi connectivity index (χ3n) is 4.27. The summed E-state index contributed by atoms with van der Waals surface area (Å²) >= 11 is 11.8. The lowest BCUT2D eigenvalue weighted by Crippen LogP contribution is -2.39. The van der Waals surface area contributed by atoms with Crippen LogP contribution in [-0.4, -0.2) is 34.1 Å². The molecule has 1 saturated heterocycles. The molecule has 1 aromatic carbocycles. The minimum Gasteiger partial charge on any atom is -0.481 e. The molecule has 0 saturated carbocycles. The van der Waals surface area contributed by atoms with E-state index in [0.717, 1.165) is 6.07 Å². The van der Waals surface area contributed by atoms with Crippen molar-refractivity contribution in [3.8, 4) is 11.3 Å². The highest BCUT2D eigenvalue weighted by Gasteiger charge is 2.35. The highest BCUT2D eigenvalue weighted by molar-refractivity contribution is 6.42. The van der Waals surface area contributed by atoms with E-state index in [0.29, 0.717) is 24.9 Å². The highest BCUT2D eigenvalue weighted by Crippen LogP contribution is 2.34. The van der Waals surface area contributed by atoms with Crippen LogP contribution in [0.5, 0.6) is 0 Å². The van der Waals surface area contributed by atoms with E-state index in [1.54, 1.807) is 0 Å². The van der Waals surface area contributed by atoms with E-state index >= 15 is 0 Å². The van der Waals surface area contributed by atoms with Gasteiger partial charge in [-0.25, -0.2) is 9.97 Å². The summed E-state index contributed by atoms with van der Waals surface area (Å²) in [5.74, 6) is -1.82. The highest BCUT2D eigenvalue weighted by atomic mass is 35.5. The third-order valence-corrected chi connectivity index (χ3v) is 5.01. The Hall–Kier alpha value is -2.06. The molecule has 0 radical (unpaired) electrons. The molecule has 0 bridgehead atoms. The van der Waals surface area contributed by atoms with E-state index in [-0.39, 0.29) is 28.2 Å². The second-order valence-electron chi connectivity index (χ2n) is 6.19. The minimum atomic E-state index is -4.68. The topological polar surface area (TPSA) is 66.3 Å². The Morgan fingerprint density at radius 2 is 1.93 bits per heavy atom. The van der Waals surface area contributed by atoms with Gasteiger partial charge in [-0.2, -0.15) is 13.2 Å². The Morgan fingerprint density at radius 1 is 1.19 bits per heavy atom. The van der Waals surface area contributed by atoms with Crippen molar-refractivity contribution in [2.24, 2.45) is 5.92 Å². The first-order valence-electron chi connectivity index (χ1n) is 8.04. The summed E-state index contributed by atoms with van der Waals surface area (Å²) in [6, 6.07) is 5.24. The van der Waals surface area contributed by atoms with Crippen LogP contribution in [0.3, 0.4) is 0 Å². The lowest BCUT2D eigenvalue weighted by molar-refractivity contribution is -0.142. The van der Waals surface area contributed by atoms with Crippen LogP contribution < -0.4 is 4.90 Å². The van der Waals surface area contributed by atoms with Gasteiger partial charge in [-0.1, -0.05) is 29.3 Å². The van der Waals surface area contributed by atoms with Gasteiger partial charge in [0.1, 0.15) is 0 Å². The van der Waals surface area contributed by atoms with Crippen LogP contribution >= 0.6 is 23.2 Å². The summed E-state index contributed by atoms with van der Waals surface area (Å²) in [5.41, 5.74) is -0.722. The van der Waals surface area contributed by atoms with Gasteiger partial charge in [0, 0.05) is 18.7 Å². The SMILES string of the molecule is O=C(O)C1CCCN(c2nc(-c3ccc(Cl)c(Cl)c3)cc(C(F)(F)F)n2)C1. The number of anilines is 1. The van der Waals surface area contributed by atoms with Gasteiger partial charge >= 0.3 is 12.1 Å². The zero-order valence-electron chi connectivity index (χ0n) is 13.8. The molecular formula is C17H14Cl2F3N3O2. The lowest BCUT2D eigenvalue weighted by atomic mass is 9.99. The molecule has 0 aliphatic carbocycles. The molecule has 27 heavy (non-hydrogen) atoms. The fourth-order valence-corrected chi connectivity index (χ4v) is 3.18. The maximum Gasteiger partial charge on any atom is 0.433 e. The van der Waals surface area contributed by atoms with Crippen molar-refractivity contribution < 1.29 is 23.1 Å². The monoisotopic (exact) mass is 419 g/mol. The Morgan fingerprint density at radius 3 is 2.56 bits per heavy atom. The van der Waals surface area contributed by atoms with Crippen LogP contribution in [0.4, 0.5) is 19.1 Å². The molecule has 5 nitrogen and oxygen atoms in total. The van der Waals surface area contributed by atoms with Gasteiger partial charge in [0.2, 0.25) is 5.95 Å². The summed E-state index contributed by atoms with van der Waals surface area (Å²) < 4.78 is 40.0. The van der Waals surface area contributed by atoms with Gasteiger partial charge in [0.05, 0.1) is 21.7 Å². The van der Waals surface area contributed by atoms with Crippen molar-refractivity contribution in [3.05, 3.63) is 40.0 Å². The van der Waals surface area contributed by atoms with E-state index in [9.17, 15) is 23.1 Å². The molecule has 10 heteroatoms. The van der Waals surface area contributed by atoms with Crippen molar-refractivity contribution in [2.75, 3.05) is 18.0 Å². The molecule has 0 amide bonds. The molecular weight excluding hydrogens is 406 g/mol. The number of benzene rings is 1. The Bertz CT molecular complexity index is 877. The lowest BCUT2D eigenvalue weighted by Gasteiger charge is -2.31. The number of piperidine rings is 1. The van der Waals surface area contributed by atoms with Crippen molar-refractivity contribution >= 4 is 35.1 Å². The van der Waals surface area contributed by atoms with E-state index in [4.69, 9.17) is 23.2 Å². The molecule has 1 fully saturated rings. The zero-order chi connectivity index (χ0) is 19.8. The summed E-state index contributed by atoms with van der Waals surface area (Å²) in [4.78, 5) is 20.6. The Labute approximate surface area is 162 Å². The molecule has 1 N–H and O–H groups in total. The number of hydrogen-bond acceptors (Lipinski definition) is 4. The molecule has 2 heterocycles. The average molecular weight is 420 g/mol. The maximum absolute atomic E-state index is 13.3. The van der Waals surface area contributed by atoms with E-state index in [1.165, 1.54) is 23.1 Å². The summed E-state index contributed by atoms with van der Waals surface area (Å²) in [5, 5.41) is 9.66. The summed E-state index contributed by atoms with van der Waals surface area (Å²) in [7, 11) is 0. The van der Waals surface area contributed by atoms with Gasteiger partial charge in [-0.15, -0.1) is 0 Å². The largest absolute Gasteiger partial charge is 0.481 e. The van der Waals surface area contributed by atoms with Gasteiger partial charge < -0.3 is 10.0 Å². The number of carboxylic acids is 1.